The maximum Gasteiger partial charge on any atom is 0.416 e. The number of hydrogen-bond acceptors (Lipinski definition) is 2. The first-order valence-electron chi connectivity index (χ1n) is 8.08. The lowest BCUT2D eigenvalue weighted by atomic mass is 9.88. The second kappa shape index (κ2) is 6.88. The summed E-state index contributed by atoms with van der Waals surface area (Å²) in [6.07, 6.45) is -2.85. The lowest BCUT2D eigenvalue weighted by Crippen LogP contribution is -2.22. The van der Waals surface area contributed by atoms with Crippen molar-refractivity contribution in [2.24, 2.45) is 0 Å². The molecule has 3 nitrogen and oxygen atoms in total. The van der Waals surface area contributed by atoms with Gasteiger partial charge in [-0.3, -0.25) is 4.79 Å². The third-order valence-corrected chi connectivity index (χ3v) is 4.38. The number of aliphatic hydroxyl groups is 1. The molecule has 0 fully saturated rings. The average molecular weight is 349 g/mol. The van der Waals surface area contributed by atoms with Crippen LogP contribution in [0.4, 0.5) is 18.9 Å². The van der Waals surface area contributed by atoms with E-state index in [-0.39, 0.29) is 12.3 Å². The van der Waals surface area contributed by atoms with Gasteiger partial charge in [0.2, 0.25) is 5.91 Å². The molecule has 2 N–H and O–H groups in total. The number of aryl methyl sites for hydroxylation is 1. The fourth-order valence-electron chi connectivity index (χ4n) is 3.08. The largest absolute Gasteiger partial charge is 0.416 e. The van der Waals surface area contributed by atoms with Crippen LogP contribution < -0.4 is 5.32 Å². The van der Waals surface area contributed by atoms with Gasteiger partial charge in [-0.15, -0.1) is 0 Å². The second-order valence-corrected chi connectivity index (χ2v) is 6.26. The molecule has 0 aromatic heterocycles. The molecule has 6 heteroatoms. The van der Waals surface area contributed by atoms with E-state index in [2.05, 4.69) is 5.32 Å². The molecule has 132 valence electrons. The molecule has 1 aliphatic rings. The highest BCUT2D eigenvalue weighted by molar-refractivity contribution is 5.93. The van der Waals surface area contributed by atoms with Crippen LogP contribution in [-0.2, 0) is 30.2 Å². The molecular formula is C19H18F3NO2. The molecule has 0 spiro atoms. The number of aliphatic hydroxyl groups excluding tert-OH is 1. The van der Waals surface area contributed by atoms with Gasteiger partial charge in [0.1, 0.15) is 0 Å². The molecule has 1 amide bonds. The van der Waals surface area contributed by atoms with E-state index in [1.807, 2.05) is 12.1 Å². The van der Waals surface area contributed by atoms with Gasteiger partial charge >= 0.3 is 6.18 Å². The Morgan fingerprint density at radius 3 is 2.56 bits per heavy atom. The molecular weight excluding hydrogens is 331 g/mol. The molecule has 1 aliphatic carbocycles. The number of carbonyl (C=O) groups is 1. The van der Waals surface area contributed by atoms with Gasteiger partial charge in [0.15, 0.2) is 0 Å². The van der Waals surface area contributed by atoms with E-state index in [1.54, 1.807) is 6.07 Å². The second-order valence-electron chi connectivity index (χ2n) is 6.26. The van der Waals surface area contributed by atoms with Gasteiger partial charge in [-0.05, 0) is 47.7 Å². The zero-order valence-corrected chi connectivity index (χ0v) is 13.4. The smallest absolute Gasteiger partial charge is 0.393 e. The van der Waals surface area contributed by atoms with Crippen LogP contribution in [-0.4, -0.2) is 17.1 Å². The topological polar surface area (TPSA) is 49.3 Å². The summed E-state index contributed by atoms with van der Waals surface area (Å²) in [5, 5.41) is 12.6. The van der Waals surface area contributed by atoms with Gasteiger partial charge in [0.25, 0.3) is 0 Å². The minimum atomic E-state index is -4.38. The summed E-state index contributed by atoms with van der Waals surface area (Å²) in [6, 6.07) is 10.2. The van der Waals surface area contributed by atoms with E-state index >= 15 is 0 Å². The zero-order chi connectivity index (χ0) is 18.0. The minimum absolute atomic E-state index is 0.00957. The first-order valence-corrected chi connectivity index (χ1v) is 8.08. The molecule has 0 saturated carbocycles. The highest BCUT2D eigenvalue weighted by Gasteiger charge is 2.30. The average Bonchev–Trinajstić information content (AvgIpc) is 2.55. The molecule has 0 bridgehead atoms. The zero-order valence-electron chi connectivity index (χ0n) is 13.4. The summed E-state index contributed by atoms with van der Waals surface area (Å²) in [4.78, 5) is 12.2. The van der Waals surface area contributed by atoms with Gasteiger partial charge in [-0.2, -0.15) is 13.2 Å². The van der Waals surface area contributed by atoms with Crippen LogP contribution in [0.25, 0.3) is 0 Å². The Bertz CT molecular complexity index is 769. The van der Waals surface area contributed by atoms with Crippen molar-refractivity contribution >= 4 is 11.6 Å². The molecule has 0 radical (unpaired) electrons. The van der Waals surface area contributed by atoms with E-state index in [0.29, 0.717) is 24.1 Å². The number of halogens is 3. The predicted octanol–water partition coefficient (Wildman–Crippen LogP) is 3.74. The Labute approximate surface area is 143 Å². The van der Waals surface area contributed by atoms with E-state index in [0.717, 1.165) is 29.7 Å². The number of amides is 1. The summed E-state index contributed by atoms with van der Waals surface area (Å²) in [5.41, 5.74) is 2.48. The van der Waals surface area contributed by atoms with Gasteiger partial charge in [0.05, 0.1) is 18.1 Å². The van der Waals surface area contributed by atoms with Crippen molar-refractivity contribution < 1.29 is 23.1 Å². The Morgan fingerprint density at radius 1 is 1.16 bits per heavy atom. The minimum Gasteiger partial charge on any atom is -0.393 e. The van der Waals surface area contributed by atoms with Crippen molar-refractivity contribution in [1.82, 2.24) is 0 Å². The predicted molar refractivity (Wildman–Crippen MR) is 88.3 cm³/mol. The number of nitrogens with one attached hydrogen (secondary N) is 1. The fourth-order valence-corrected chi connectivity index (χ4v) is 3.08. The Hall–Kier alpha value is -2.34. The highest BCUT2D eigenvalue weighted by atomic mass is 19.4. The van der Waals surface area contributed by atoms with E-state index in [9.17, 15) is 23.1 Å². The Kier molecular flexibility index (Phi) is 4.81. The number of anilines is 1. The van der Waals surface area contributed by atoms with Crippen LogP contribution in [0.3, 0.4) is 0 Å². The molecule has 0 saturated heterocycles. The number of benzene rings is 2. The van der Waals surface area contributed by atoms with Crippen molar-refractivity contribution in [1.29, 1.82) is 0 Å². The van der Waals surface area contributed by atoms with E-state index < -0.39 is 17.8 Å². The monoisotopic (exact) mass is 349 g/mol. The summed E-state index contributed by atoms with van der Waals surface area (Å²) in [6.45, 7) is 0. The Balaban J connectivity index is 1.69. The number of fused-ring (bicyclic) bond motifs is 1. The van der Waals surface area contributed by atoms with Gasteiger partial charge in [0, 0.05) is 12.1 Å². The van der Waals surface area contributed by atoms with Gasteiger partial charge in [-0.1, -0.05) is 24.3 Å². The first-order chi connectivity index (χ1) is 11.8. The van der Waals surface area contributed by atoms with Crippen LogP contribution >= 0.6 is 0 Å². The number of rotatable bonds is 3. The van der Waals surface area contributed by atoms with Crippen LogP contribution in [0.1, 0.15) is 28.7 Å². The highest BCUT2D eigenvalue weighted by Crippen LogP contribution is 2.30. The van der Waals surface area contributed by atoms with E-state index in [1.165, 1.54) is 12.1 Å². The van der Waals surface area contributed by atoms with Gasteiger partial charge in [-0.25, -0.2) is 0 Å². The maximum atomic E-state index is 12.6. The number of hydrogen-bond donors (Lipinski definition) is 2. The molecule has 25 heavy (non-hydrogen) atoms. The molecule has 0 aliphatic heterocycles. The lowest BCUT2D eigenvalue weighted by Gasteiger charge is -2.23. The summed E-state index contributed by atoms with van der Waals surface area (Å²) in [5.74, 6) is -0.298. The van der Waals surface area contributed by atoms with Crippen molar-refractivity contribution in [2.45, 2.75) is 38.0 Å². The molecule has 0 heterocycles. The number of carbonyl (C=O) groups excluding carboxylic acids is 1. The molecule has 2 aromatic carbocycles. The van der Waals surface area contributed by atoms with Crippen molar-refractivity contribution in [3.8, 4) is 0 Å². The fraction of sp³-hybridized carbons (Fsp3) is 0.316. The standard InChI is InChI=1S/C19H18F3NO2/c20-19(21,22)14-7-4-12(5-8-14)10-18(25)23-17-3-1-2-13-6-9-15(24)11-16(13)17/h1-5,7-8,15,24H,6,9-11H2,(H,23,25)/t15-/m1/s1. The molecule has 3 rings (SSSR count). The van der Waals surface area contributed by atoms with Gasteiger partial charge < -0.3 is 10.4 Å². The van der Waals surface area contributed by atoms with Crippen molar-refractivity contribution in [2.75, 3.05) is 5.32 Å². The maximum absolute atomic E-state index is 12.6. The summed E-state index contributed by atoms with van der Waals surface area (Å²) >= 11 is 0. The first kappa shape index (κ1) is 17.5. The number of alkyl halides is 3. The SMILES string of the molecule is O=C(Cc1ccc(C(F)(F)F)cc1)Nc1cccc2c1C[C@H](O)CC2. The van der Waals surface area contributed by atoms with Crippen molar-refractivity contribution in [3.63, 3.8) is 0 Å². The third kappa shape index (κ3) is 4.20. The van der Waals surface area contributed by atoms with Crippen LogP contribution in [0.2, 0.25) is 0 Å². The molecule has 0 unspecified atom stereocenters. The molecule has 2 aromatic rings. The van der Waals surface area contributed by atoms with E-state index in [4.69, 9.17) is 0 Å². The van der Waals surface area contributed by atoms with Crippen LogP contribution in [0.15, 0.2) is 42.5 Å². The third-order valence-electron chi connectivity index (χ3n) is 4.38. The lowest BCUT2D eigenvalue weighted by molar-refractivity contribution is -0.137. The Morgan fingerprint density at radius 2 is 1.88 bits per heavy atom. The van der Waals surface area contributed by atoms with Crippen LogP contribution in [0, 0.1) is 0 Å². The molecule has 1 atom stereocenters. The van der Waals surface area contributed by atoms with Crippen molar-refractivity contribution in [3.05, 3.63) is 64.7 Å². The quantitative estimate of drug-likeness (QED) is 0.887. The summed E-state index contributed by atoms with van der Waals surface area (Å²) in [7, 11) is 0. The van der Waals surface area contributed by atoms with Crippen LogP contribution in [0.5, 0.6) is 0 Å². The summed E-state index contributed by atoms with van der Waals surface area (Å²) < 4.78 is 37.7. The normalized spacial score (nSPS) is 17.0.